The Labute approximate surface area is 165 Å². The maximum absolute atomic E-state index is 13.4. The number of fused-ring (bicyclic) bond motifs is 1. The molecule has 6 heteroatoms. The fourth-order valence-corrected chi connectivity index (χ4v) is 3.50. The number of carbonyl (C=O) groups excluding carboxylic acids is 1. The molecular formula is C22H26N4O2. The Morgan fingerprint density at radius 3 is 2.61 bits per heavy atom. The van der Waals surface area contributed by atoms with Gasteiger partial charge in [0.1, 0.15) is 5.75 Å². The number of hydrogen-bond donors (Lipinski definition) is 0. The van der Waals surface area contributed by atoms with E-state index in [0.29, 0.717) is 18.2 Å². The lowest BCUT2D eigenvalue weighted by Gasteiger charge is -2.23. The van der Waals surface area contributed by atoms with E-state index in [0.717, 1.165) is 40.9 Å². The van der Waals surface area contributed by atoms with Gasteiger partial charge in [-0.05, 0) is 57.4 Å². The van der Waals surface area contributed by atoms with Crippen LogP contribution in [0.5, 0.6) is 5.75 Å². The van der Waals surface area contributed by atoms with Gasteiger partial charge in [0.25, 0.3) is 5.91 Å². The van der Waals surface area contributed by atoms with Crippen molar-refractivity contribution in [1.82, 2.24) is 19.7 Å². The van der Waals surface area contributed by atoms with E-state index in [1.807, 2.05) is 46.8 Å². The van der Waals surface area contributed by atoms with Crippen LogP contribution in [0.1, 0.15) is 54.3 Å². The number of methoxy groups -OCH3 is 1. The molecule has 0 N–H and O–H groups in total. The standard InChI is InChI=1S/C22H26N4O2/c1-14(2)26-21-17(12-23-26)11-20(15(3)24-21)22(27)25(18-7-8-18)13-16-5-9-19(28-4)10-6-16/h5-6,9-12,14,18H,7-8,13H2,1-4H3. The quantitative estimate of drug-likeness (QED) is 0.647. The van der Waals surface area contributed by atoms with E-state index in [1.165, 1.54) is 0 Å². The van der Waals surface area contributed by atoms with Crippen molar-refractivity contribution in [3.8, 4) is 5.75 Å². The highest BCUT2D eigenvalue weighted by atomic mass is 16.5. The van der Waals surface area contributed by atoms with Crippen LogP contribution in [0.4, 0.5) is 0 Å². The molecule has 28 heavy (non-hydrogen) atoms. The number of pyridine rings is 1. The summed E-state index contributed by atoms with van der Waals surface area (Å²) < 4.78 is 7.12. The molecule has 2 heterocycles. The van der Waals surface area contributed by atoms with Gasteiger partial charge in [-0.3, -0.25) is 4.79 Å². The van der Waals surface area contributed by atoms with E-state index in [2.05, 4.69) is 18.9 Å². The maximum atomic E-state index is 13.4. The fraction of sp³-hybridized carbons (Fsp3) is 0.409. The zero-order valence-electron chi connectivity index (χ0n) is 16.8. The van der Waals surface area contributed by atoms with Gasteiger partial charge in [0.2, 0.25) is 0 Å². The molecule has 0 saturated heterocycles. The lowest BCUT2D eigenvalue weighted by Crippen LogP contribution is -2.33. The Kier molecular flexibility index (Phi) is 4.79. The summed E-state index contributed by atoms with van der Waals surface area (Å²) in [6.07, 6.45) is 3.91. The molecule has 0 aliphatic heterocycles. The number of aromatic nitrogens is 3. The summed E-state index contributed by atoms with van der Waals surface area (Å²) in [5.41, 5.74) is 3.34. The molecule has 2 aromatic heterocycles. The molecule has 1 amide bonds. The first-order valence-corrected chi connectivity index (χ1v) is 9.76. The molecule has 0 bridgehead atoms. The zero-order valence-corrected chi connectivity index (χ0v) is 16.8. The minimum absolute atomic E-state index is 0.0440. The van der Waals surface area contributed by atoms with Crippen LogP contribution in [0.25, 0.3) is 11.0 Å². The number of amides is 1. The summed E-state index contributed by atoms with van der Waals surface area (Å²) in [6.45, 7) is 6.65. The summed E-state index contributed by atoms with van der Waals surface area (Å²) >= 11 is 0. The highest BCUT2D eigenvalue weighted by Crippen LogP contribution is 2.31. The molecule has 0 spiro atoms. The van der Waals surface area contributed by atoms with E-state index >= 15 is 0 Å². The molecule has 4 rings (SSSR count). The molecule has 6 nitrogen and oxygen atoms in total. The van der Waals surface area contributed by atoms with Crippen molar-refractivity contribution in [2.45, 2.75) is 52.2 Å². The average molecular weight is 378 g/mol. The van der Waals surface area contributed by atoms with Crippen LogP contribution in [0.2, 0.25) is 0 Å². The van der Waals surface area contributed by atoms with Crippen molar-refractivity contribution in [2.24, 2.45) is 0 Å². The fourth-order valence-electron chi connectivity index (χ4n) is 3.50. The Bertz CT molecular complexity index is 1000. The smallest absolute Gasteiger partial charge is 0.256 e. The second-order valence-corrected chi connectivity index (χ2v) is 7.73. The third kappa shape index (κ3) is 3.46. The number of nitrogens with zero attached hydrogens (tertiary/aromatic N) is 4. The number of ether oxygens (including phenoxy) is 1. The topological polar surface area (TPSA) is 60.2 Å². The van der Waals surface area contributed by atoms with Crippen molar-refractivity contribution in [3.05, 3.63) is 53.3 Å². The number of rotatable bonds is 6. The third-order valence-corrected chi connectivity index (χ3v) is 5.24. The summed E-state index contributed by atoms with van der Waals surface area (Å²) in [5.74, 6) is 0.864. The monoisotopic (exact) mass is 378 g/mol. The molecule has 1 saturated carbocycles. The predicted octanol–water partition coefficient (Wildman–Crippen LogP) is 4.13. The predicted molar refractivity (Wildman–Crippen MR) is 109 cm³/mol. The Balaban J connectivity index is 1.64. The minimum atomic E-state index is 0.0440. The normalized spacial score (nSPS) is 13.9. The molecule has 3 aromatic rings. The van der Waals surface area contributed by atoms with Crippen molar-refractivity contribution in [3.63, 3.8) is 0 Å². The van der Waals surface area contributed by atoms with Crippen molar-refractivity contribution in [1.29, 1.82) is 0 Å². The average Bonchev–Trinajstić information content (AvgIpc) is 3.44. The highest BCUT2D eigenvalue weighted by molar-refractivity contribution is 5.98. The van der Waals surface area contributed by atoms with Gasteiger partial charge in [0.15, 0.2) is 5.65 Å². The van der Waals surface area contributed by atoms with Crippen LogP contribution < -0.4 is 4.74 Å². The highest BCUT2D eigenvalue weighted by Gasteiger charge is 2.34. The van der Waals surface area contributed by atoms with E-state index in [4.69, 9.17) is 9.72 Å². The molecule has 0 radical (unpaired) electrons. The van der Waals surface area contributed by atoms with Crippen LogP contribution in [-0.4, -0.2) is 38.7 Å². The molecule has 1 aliphatic carbocycles. The molecule has 1 aromatic carbocycles. The molecule has 1 aliphatic rings. The molecule has 0 unspecified atom stereocenters. The van der Waals surface area contributed by atoms with E-state index in [1.54, 1.807) is 13.3 Å². The lowest BCUT2D eigenvalue weighted by molar-refractivity contribution is 0.0729. The second kappa shape index (κ2) is 7.26. The van der Waals surface area contributed by atoms with Crippen LogP contribution in [-0.2, 0) is 6.54 Å². The largest absolute Gasteiger partial charge is 0.497 e. The number of carbonyl (C=O) groups is 1. The van der Waals surface area contributed by atoms with Crippen LogP contribution >= 0.6 is 0 Å². The summed E-state index contributed by atoms with van der Waals surface area (Å²) in [4.78, 5) is 20.1. The maximum Gasteiger partial charge on any atom is 0.256 e. The number of hydrogen-bond acceptors (Lipinski definition) is 4. The lowest BCUT2D eigenvalue weighted by atomic mass is 10.1. The van der Waals surface area contributed by atoms with Crippen LogP contribution in [0.3, 0.4) is 0 Å². The van der Waals surface area contributed by atoms with Crippen LogP contribution in [0, 0.1) is 6.92 Å². The molecule has 146 valence electrons. The van der Waals surface area contributed by atoms with Gasteiger partial charge in [-0.25, -0.2) is 9.67 Å². The van der Waals surface area contributed by atoms with Gasteiger partial charge in [-0.15, -0.1) is 0 Å². The Hall–Kier alpha value is -2.89. The van der Waals surface area contributed by atoms with Gasteiger partial charge >= 0.3 is 0 Å². The molecule has 0 atom stereocenters. The van der Waals surface area contributed by atoms with E-state index in [-0.39, 0.29) is 11.9 Å². The van der Waals surface area contributed by atoms with Gasteiger partial charge in [0.05, 0.1) is 24.6 Å². The van der Waals surface area contributed by atoms with Gasteiger partial charge < -0.3 is 9.64 Å². The Morgan fingerprint density at radius 2 is 2.00 bits per heavy atom. The summed E-state index contributed by atoms with van der Waals surface area (Å²) in [6, 6.07) is 10.4. The first-order chi connectivity index (χ1) is 13.5. The SMILES string of the molecule is COc1ccc(CN(C(=O)c2cc3cnn(C(C)C)c3nc2C)C2CC2)cc1. The van der Waals surface area contributed by atoms with Gasteiger partial charge in [0, 0.05) is 24.0 Å². The van der Waals surface area contributed by atoms with Crippen LogP contribution in [0.15, 0.2) is 36.5 Å². The zero-order chi connectivity index (χ0) is 19.8. The van der Waals surface area contributed by atoms with Crippen molar-refractivity contribution >= 4 is 16.9 Å². The first-order valence-electron chi connectivity index (χ1n) is 9.76. The third-order valence-electron chi connectivity index (χ3n) is 5.24. The van der Waals surface area contributed by atoms with E-state index < -0.39 is 0 Å². The van der Waals surface area contributed by atoms with Gasteiger partial charge in [-0.1, -0.05) is 12.1 Å². The summed E-state index contributed by atoms with van der Waals surface area (Å²) in [5, 5.41) is 5.34. The van der Waals surface area contributed by atoms with E-state index in [9.17, 15) is 4.79 Å². The number of benzene rings is 1. The minimum Gasteiger partial charge on any atom is -0.497 e. The molecule has 1 fully saturated rings. The van der Waals surface area contributed by atoms with Gasteiger partial charge in [-0.2, -0.15) is 5.10 Å². The number of aryl methyl sites for hydroxylation is 1. The van der Waals surface area contributed by atoms with Crippen molar-refractivity contribution in [2.75, 3.05) is 7.11 Å². The Morgan fingerprint density at radius 1 is 1.29 bits per heavy atom. The second-order valence-electron chi connectivity index (χ2n) is 7.73. The first kappa shape index (κ1) is 18.5. The molecular weight excluding hydrogens is 352 g/mol. The van der Waals surface area contributed by atoms with Crippen molar-refractivity contribution < 1.29 is 9.53 Å². The summed E-state index contributed by atoms with van der Waals surface area (Å²) in [7, 11) is 1.66.